The second kappa shape index (κ2) is 13.6. The number of sulfonamides is 1. The molecule has 0 aromatic heterocycles. The third-order valence-electron chi connectivity index (χ3n) is 6.82. The van der Waals surface area contributed by atoms with Crippen LogP contribution in [-0.4, -0.2) is 44.8 Å². The Labute approximate surface area is 250 Å². The Morgan fingerprint density at radius 3 is 2.12 bits per heavy atom. The molecule has 1 atom stereocenters. The van der Waals surface area contributed by atoms with Crippen molar-refractivity contribution in [2.24, 2.45) is 0 Å². The van der Waals surface area contributed by atoms with Crippen molar-refractivity contribution in [1.29, 1.82) is 0 Å². The van der Waals surface area contributed by atoms with E-state index in [2.05, 4.69) is 5.32 Å². The fourth-order valence-electron chi connectivity index (χ4n) is 4.50. The van der Waals surface area contributed by atoms with Gasteiger partial charge in [0.1, 0.15) is 18.4 Å². The molecule has 42 heavy (non-hydrogen) atoms. The number of anilines is 1. The van der Waals surface area contributed by atoms with Gasteiger partial charge in [-0.25, -0.2) is 12.8 Å². The molecule has 0 aliphatic heterocycles. The van der Waals surface area contributed by atoms with E-state index in [1.165, 1.54) is 54.4 Å². The first kappa shape index (κ1) is 30.7. The Kier molecular flexibility index (Phi) is 9.98. The molecule has 4 rings (SSSR count). The standard InChI is InChI=1S/C32H31ClFN3O4S/c1-23-12-16-27(17-13-23)37(42(40,41)28-18-14-26(33)15-19-28)22-31(38)36(21-25-10-6-7-11-29(25)34)30(32(39)35-2)20-24-8-4-3-5-9-24/h3-19,30H,20-22H2,1-2H3,(H,35,39). The van der Waals surface area contributed by atoms with Crippen molar-refractivity contribution in [3.63, 3.8) is 0 Å². The molecule has 0 saturated carbocycles. The normalized spacial score (nSPS) is 11.9. The molecule has 0 radical (unpaired) electrons. The SMILES string of the molecule is CNC(=O)C(Cc1ccccc1)N(Cc1ccccc1F)C(=O)CN(c1ccc(C)cc1)S(=O)(=O)c1ccc(Cl)cc1. The largest absolute Gasteiger partial charge is 0.357 e. The van der Waals surface area contributed by atoms with E-state index in [-0.39, 0.29) is 29.1 Å². The lowest BCUT2D eigenvalue weighted by Gasteiger charge is -2.33. The summed E-state index contributed by atoms with van der Waals surface area (Å²) in [7, 11) is -2.80. The minimum absolute atomic E-state index is 0.0620. The molecular weight excluding hydrogens is 577 g/mol. The first-order valence-electron chi connectivity index (χ1n) is 13.2. The molecule has 4 aromatic rings. The van der Waals surface area contributed by atoms with Crippen LogP contribution in [0, 0.1) is 12.7 Å². The van der Waals surface area contributed by atoms with E-state index in [1.807, 2.05) is 37.3 Å². The van der Waals surface area contributed by atoms with E-state index >= 15 is 0 Å². The average molecular weight is 608 g/mol. The maximum Gasteiger partial charge on any atom is 0.264 e. The van der Waals surface area contributed by atoms with Crippen LogP contribution in [0.2, 0.25) is 5.02 Å². The summed E-state index contributed by atoms with van der Waals surface area (Å²) in [6.07, 6.45) is 0.134. The van der Waals surface area contributed by atoms with Crippen LogP contribution in [0.1, 0.15) is 16.7 Å². The van der Waals surface area contributed by atoms with E-state index in [0.29, 0.717) is 5.02 Å². The summed E-state index contributed by atoms with van der Waals surface area (Å²) in [6, 6.07) is 26.4. The molecule has 10 heteroatoms. The van der Waals surface area contributed by atoms with E-state index in [4.69, 9.17) is 11.6 Å². The number of likely N-dealkylation sites (N-methyl/N-ethyl adjacent to an activating group) is 1. The summed E-state index contributed by atoms with van der Waals surface area (Å²) >= 11 is 6.00. The van der Waals surface area contributed by atoms with Gasteiger partial charge in [-0.1, -0.05) is 77.8 Å². The highest BCUT2D eigenvalue weighted by molar-refractivity contribution is 7.92. The van der Waals surface area contributed by atoms with Gasteiger partial charge in [-0.05, 0) is 55.0 Å². The Morgan fingerprint density at radius 2 is 1.50 bits per heavy atom. The number of aryl methyl sites for hydroxylation is 1. The summed E-state index contributed by atoms with van der Waals surface area (Å²) in [5, 5.41) is 2.96. The monoisotopic (exact) mass is 607 g/mol. The number of hydrogen-bond acceptors (Lipinski definition) is 4. The lowest BCUT2D eigenvalue weighted by atomic mass is 10.0. The Morgan fingerprint density at radius 1 is 0.881 bits per heavy atom. The topological polar surface area (TPSA) is 86.8 Å². The third-order valence-corrected chi connectivity index (χ3v) is 8.86. The van der Waals surface area contributed by atoms with Gasteiger partial charge in [-0.2, -0.15) is 0 Å². The van der Waals surface area contributed by atoms with Gasteiger partial charge in [0.15, 0.2) is 0 Å². The number of carbonyl (C=O) groups is 2. The van der Waals surface area contributed by atoms with Crippen LogP contribution in [-0.2, 0) is 32.6 Å². The first-order chi connectivity index (χ1) is 20.1. The van der Waals surface area contributed by atoms with Gasteiger partial charge in [0.25, 0.3) is 10.0 Å². The molecule has 0 aliphatic rings. The third kappa shape index (κ3) is 7.35. The van der Waals surface area contributed by atoms with Gasteiger partial charge >= 0.3 is 0 Å². The van der Waals surface area contributed by atoms with E-state index < -0.39 is 40.2 Å². The molecule has 0 saturated heterocycles. The van der Waals surface area contributed by atoms with Crippen molar-refractivity contribution in [1.82, 2.24) is 10.2 Å². The molecule has 0 spiro atoms. The molecule has 4 aromatic carbocycles. The van der Waals surface area contributed by atoms with Crippen LogP contribution in [0.5, 0.6) is 0 Å². The Hall–Kier alpha value is -4.21. The zero-order valence-electron chi connectivity index (χ0n) is 23.2. The van der Waals surface area contributed by atoms with E-state index in [9.17, 15) is 22.4 Å². The van der Waals surface area contributed by atoms with Gasteiger partial charge in [0.05, 0.1) is 10.6 Å². The quantitative estimate of drug-likeness (QED) is 0.248. The van der Waals surface area contributed by atoms with Crippen molar-refractivity contribution >= 4 is 39.1 Å². The number of rotatable bonds is 11. The number of carbonyl (C=O) groups excluding carboxylic acids is 2. The van der Waals surface area contributed by atoms with Crippen LogP contribution in [0.3, 0.4) is 0 Å². The van der Waals surface area contributed by atoms with Crippen LogP contribution in [0.4, 0.5) is 10.1 Å². The van der Waals surface area contributed by atoms with Crippen molar-refractivity contribution < 1.29 is 22.4 Å². The Bertz CT molecular complexity index is 1630. The smallest absolute Gasteiger partial charge is 0.264 e. The number of halogens is 2. The van der Waals surface area contributed by atoms with Gasteiger partial charge in [-0.3, -0.25) is 13.9 Å². The maximum atomic E-state index is 14.8. The number of benzene rings is 4. The minimum Gasteiger partial charge on any atom is -0.357 e. The van der Waals surface area contributed by atoms with Gasteiger partial charge in [-0.15, -0.1) is 0 Å². The molecular formula is C32H31ClFN3O4S. The maximum absolute atomic E-state index is 14.8. The second-order valence-electron chi connectivity index (χ2n) is 9.73. The molecule has 0 aliphatic carbocycles. The van der Waals surface area contributed by atoms with Crippen molar-refractivity contribution in [3.8, 4) is 0 Å². The van der Waals surface area contributed by atoms with Crippen LogP contribution >= 0.6 is 11.6 Å². The van der Waals surface area contributed by atoms with Gasteiger partial charge < -0.3 is 10.2 Å². The van der Waals surface area contributed by atoms with Crippen molar-refractivity contribution in [2.45, 2.75) is 30.8 Å². The predicted molar refractivity (Wildman–Crippen MR) is 162 cm³/mol. The van der Waals surface area contributed by atoms with Crippen molar-refractivity contribution in [3.05, 3.63) is 131 Å². The van der Waals surface area contributed by atoms with Crippen LogP contribution in [0.15, 0.2) is 108 Å². The summed E-state index contributed by atoms with van der Waals surface area (Å²) in [5.41, 5.74) is 2.13. The highest BCUT2D eigenvalue weighted by atomic mass is 35.5. The lowest BCUT2D eigenvalue weighted by molar-refractivity contribution is -0.139. The fraction of sp³-hybridized carbons (Fsp3) is 0.188. The molecule has 7 nitrogen and oxygen atoms in total. The van der Waals surface area contributed by atoms with E-state index in [1.54, 1.807) is 30.3 Å². The fourth-order valence-corrected chi connectivity index (χ4v) is 6.04. The number of amides is 2. The lowest BCUT2D eigenvalue weighted by Crippen LogP contribution is -2.53. The average Bonchev–Trinajstić information content (AvgIpc) is 2.99. The van der Waals surface area contributed by atoms with Crippen LogP contribution < -0.4 is 9.62 Å². The summed E-state index contributed by atoms with van der Waals surface area (Å²) in [5.74, 6) is -1.69. The zero-order chi connectivity index (χ0) is 30.3. The first-order valence-corrected chi connectivity index (χ1v) is 15.1. The van der Waals surface area contributed by atoms with Crippen LogP contribution in [0.25, 0.3) is 0 Å². The highest BCUT2D eigenvalue weighted by Gasteiger charge is 2.34. The molecule has 0 bridgehead atoms. The number of nitrogens with zero attached hydrogens (tertiary/aromatic N) is 2. The van der Waals surface area contributed by atoms with Crippen molar-refractivity contribution in [2.75, 3.05) is 17.9 Å². The number of nitrogens with one attached hydrogen (secondary N) is 1. The van der Waals surface area contributed by atoms with Gasteiger partial charge in [0, 0.05) is 30.6 Å². The molecule has 218 valence electrons. The second-order valence-corrected chi connectivity index (χ2v) is 12.0. The summed E-state index contributed by atoms with van der Waals surface area (Å²) in [4.78, 5) is 28.6. The zero-order valence-corrected chi connectivity index (χ0v) is 24.8. The molecule has 1 unspecified atom stereocenters. The molecule has 1 N–H and O–H groups in total. The Balaban J connectivity index is 1.79. The highest BCUT2D eigenvalue weighted by Crippen LogP contribution is 2.26. The molecule has 2 amide bonds. The van der Waals surface area contributed by atoms with Gasteiger partial charge in [0.2, 0.25) is 11.8 Å². The van der Waals surface area contributed by atoms with E-state index in [0.717, 1.165) is 15.4 Å². The molecule has 0 fully saturated rings. The number of hydrogen-bond donors (Lipinski definition) is 1. The summed E-state index contributed by atoms with van der Waals surface area (Å²) in [6.45, 7) is 0.977. The summed E-state index contributed by atoms with van der Waals surface area (Å²) < 4.78 is 43.7. The minimum atomic E-state index is -4.25. The predicted octanol–water partition coefficient (Wildman–Crippen LogP) is 5.37. The molecule has 0 heterocycles.